The van der Waals surface area contributed by atoms with Gasteiger partial charge in [-0.05, 0) is 43.2 Å². The lowest BCUT2D eigenvalue weighted by molar-refractivity contribution is 0.0949. The SMILES string of the molecule is COc1cccc(CCNC(=O)c2cnc(Nc3ccc(C)cc3)cn2)c1. The first-order valence-corrected chi connectivity index (χ1v) is 8.71. The maximum absolute atomic E-state index is 12.2. The summed E-state index contributed by atoms with van der Waals surface area (Å²) in [7, 11) is 1.64. The van der Waals surface area contributed by atoms with Crippen LogP contribution in [0.3, 0.4) is 0 Å². The lowest BCUT2D eigenvalue weighted by Crippen LogP contribution is -2.26. The van der Waals surface area contributed by atoms with Gasteiger partial charge in [-0.15, -0.1) is 0 Å². The summed E-state index contributed by atoms with van der Waals surface area (Å²) in [5.74, 6) is 1.15. The van der Waals surface area contributed by atoms with E-state index in [0.717, 1.165) is 17.0 Å². The molecule has 0 saturated heterocycles. The summed E-state index contributed by atoms with van der Waals surface area (Å²) in [4.78, 5) is 20.7. The number of carbonyl (C=O) groups is 1. The Morgan fingerprint density at radius 1 is 1.07 bits per heavy atom. The van der Waals surface area contributed by atoms with Crippen LogP contribution in [0.15, 0.2) is 60.9 Å². The third kappa shape index (κ3) is 5.28. The molecule has 1 heterocycles. The zero-order valence-corrected chi connectivity index (χ0v) is 15.4. The third-order valence-electron chi connectivity index (χ3n) is 4.04. The first-order valence-electron chi connectivity index (χ1n) is 8.71. The summed E-state index contributed by atoms with van der Waals surface area (Å²) in [5, 5.41) is 6.01. The molecule has 0 fully saturated rings. The Bertz CT molecular complexity index is 893. The number of aryl methyl sites for hydroxylation is 1. The van der Waals surface area contributed by atoms with E-state index in [2.05, 4.69) is 20.6 Å². The van der Waals surface area contributed by atoms with E-state index in [-0.39, 0.29) is 11.6 Å². The van der Waals surface area contributed by atoms with E-state index in [1.54, 1.807) is 13.3 Å². The van der Waals surface area contributed by atoms with E-state index in [9.17, 15) is 4.79 Å². The second-order valence-electron chi connectivity index (χ2n) is 6.14. The number of amides is 1. The molecule has 138 valence electrons. The highest BCUT2D eigenvalue weighted by Crippen LogP contribution is 2.14. The van der Waals surface area contributed by atoms with Gasteiger partial charge >= 0.3 is 0 Å². The normalized spacial score (nSPS) is 10.3. The molecule has 1 aromatic heterocycles. The fourth-order valence-electron chi connectivity index (χ4n) is 2.53. The van der Waals surface area contributed by atoms with Crippen LogP contribution in [-0.2, 0) is 6.42 Å². The maximum atomic E-state index is 12.2. The molecule has 1 amide bonds. The maximum Gasteiger partial charge on any atom is 0.271 e. The molecule has 2 aromatic carbocycles. The zero-order valence-electron chi connectivity index (χ0n) is 15.4. The predicted octanol–water partition coefficient (Wildman–Crippen LogP) is 3.51. The molecule has 2 N–H and O–H groups in total. The minimum absolute atomic E-state index is 0.243. The van der Waals surface area contributed by atoms with Crippen LogP contribution in [-0.4, -0.2) is 29.5 Å². The van der Waals surface area contributed by atoms with Crippen LogP contribution in [0.25, 0.3) is 0 Å². The molecule has 6 nitrogen and oxygen atoms in total. The van der Waals surface area contributed by atoms with Crippen LogP contribution in [0, 0.1) is 6.92 Å². The molecule has 0 aliphatic carbocycles. The summed E-state index contributed by atoms with van der Waals surface area (Å²) in [6.45, 7) is 2.54. The Labute approximate surface area is 158 Å². The van der Waals surface area contributed by atoms with Crippen molar-refractivity contribution in [2.24, 2.45) is 0 Å². The minimum atomic E-state index is -0.243. The average Bonchev–Trinajstić information content (AvgIpc) is 2.70. The average molecular weight is 362 g/mol. The Kier molecular flexibility index (Phi) is 5.99. The number of rotatable bonds is 7. The second-order valence-corrected chi connectivity index (χ2v) is 6.14. The number of ether oxygens (including phenoxy) is 1. The van der Waals surface area contributed by atoms with Gasteiger partial charge in [-0.25, -0.2) is 9.97 Å². The summed E-state index contributed by atoms with van der Waals surface area (Å²) in [5.41, 5.74) is 3.49. The summed E-state index contributed by atoms with van der Waals surface area (Å²) < 4.78 is 5.20. The molecule has 0 radical (unpaired) electrons. The Hall–Kier alpha value is -3.41. The molecular weight excluding hydrogens is 340 g/mol. The fourth-order valence-corrected chi connectivity index (χ4v) is 2.53. The lowest BCUT2D eigenvalue weighted by Gasteiger charge is -2.08. The minimum Gasteiger partial charge on any atom is -0.497 e. The molecule has 27 heavy (non-hydrogen) atoms. The molecule has 0 bridgehead atoms. The molecule has 0 spiro atoms. The number of methoxy groups -OCH3 is 1. The quantitative estimate of drug-likeness (QED) is 0.673. The Morgan fingerprint density at radius 3 is 2.59 bits per heavy atom. The highest BCUT2D eigenvalue weighted by atomic mass is 16.5. The van der Waals surface area contributed by atoms with Gasteiger partial charge < -0.3 is 15.4 Å². The number of anilines is 2. The van der Waals surface area contributed by atoms with Crippen LogP contribution in [0.1, 0.15) is 21.6 Å². The number of nitrogens with zero attached hydrogens (tertiary/aromatic N) is 2. The van der Waals surface area contributed by atoms with Crippen molar-refractivity contribution in [3.05, 3.63) is 77.7 Å². The molecule has 3 aromatic rings. The molecule has 0 unspecified atom stereocenters. The van der Waals surface area contributed by atoms with Crippen molar-refractivity contribution in [2.45, 2.75) is 13.3 Å². The fraction of sp³-hybridized carbons (Fsp3) is 0.190. The van der Waals surface area contributed by atoms with E-state index in [1.165, 1.54) is 11.8 Å². The van der Waals surface area contributed by atoms with Gasteiger partial charge in [0.2, 0.25) is 0 Å². The van der Waals surface area contributed by atoms with E-state index in [1.807, 2.05) is 55.5 Å². The highest BCUT2D eigenvalue weighted by molar-refractivity contribution is 5.92. The number of nitrogens with one attached hydrogen (secondary N) is 2. The van der Waals surface area contributed by atoms with Crippen LogP contribution >= 0.6 is 0 Å². The molecule has 0 saturated carbocycles. The van der Waals surface area contributed by atoms with E-state index >= 15 is 0 Å². The van der Waals surface area contributed by atoms with Crippen molar-refractivity contribution < 1.29 is 9.53 Å². The standard InChI is InChI=1S/C21H22N4O2/c1-15-6-8-17(9-7-15)25-20-14-23-19(13-24-20)21(26)22-11-10-16-4-3-5-18(12-16)27-2/h3-9,12-14H,10-11H2,1-2H3,(H,22,26)(H,24,25). The van der Waals surface area contributed by atoms with E-state index < -0.39 is 0 Å². The van der Waals surface area contributed by atoms with Crippen molar-refractivity contribution in [1.82, 2.24) is 15.3 Å². The topological polar surface area (TPSA) is 76.1 Å². The molecule has 0 aliphatic heterocycles. The van der Waals surface area contributed by atoms with Crippen LogP contribution in [0.4, 0.5) is 11.5 Å². The molecular formula is C21H22N4O2. The van der Waals surface area contributed by atoms with Gasteiger partial charge in [-0.2, -0.15) is 0 Å². The number of hydrogen-bond acceptors (Lipinski definition) is 5. The Morgan fingerprint density at radius 2 is 1.89 bits per heavy atom. The summed E-state index contributed by atoms with van der Waals surface area (Å²) >= 11 is 0. The summed E-state index contributed by atoms with van der Waals surface area (Å²) in [6.07, 6.45) is 3.73. The van der Waals surface area contributed by atoms with Crippen molar-refractivity contribution in [3.8, 4) is 5.75 Å². The molecule has 0 aliphatic rings. The number of carbonyl (C=O) groups excluding carboxylic acids is 1. The van der Waals surface area contributed by atoms with Crippen LogP contribution in [0.2, 0.25) is 0 Å². The van der Waals surface area contributed by atoms with Crippen LogP contribution < -0.4 is 15.4 Å². The number of aromatic nitrogens is 2. The van der Waals surface area contributed by atoms with Gasteiger partial charge in [0.15, 0.2) is 0 Å². The van der Waals surface area contributed by atoms with Gasteiger partial charge in [-0.3, -0.25) is 4.79 Å². The van der Waals surface area contributed by atoms with Gasteiger partial charge in [0.1, 0.15) is 17.3 Å². The largest absolute Gasteiger partial charge is 0.497 e. The van der Waals surface area contributed by atoms with Gasteiger partial charge in [0.25, 0.3) is 5.91 Å². The lowest BCUT2D eigenvalue weighted by atomic mass is 10.1. The van der Waals surface area contributed by atoms with Crippen molar-refractivity contribution in [2.75, 3.05) is 19.0 Å². The van der Waals surface area contributed by atoms with E-state index in [4.69, 9.17) is 4.74 Å². The monoisotopic (exact) mass is 362 g/mol. The van der Waals surface area contributed by atoms with E-state index in [0.29, 0.717) is 18.8 Å². The Balaban J connectivity index is 1.51. The predicted molar refractivity (Wildman–Crippen MR) is 106 cm³/mol. The van der Waals surface area contributed by atoms with Crippen LogP contribution in [0.5, 0.6) is 5.75 Å². The molecule has 6 heteroatoms. The highest BCUT2D eigenvalue weighted by Gasteiger charge is 2.08. The molecule has 3 rings (SSSR count). The first kappa shape index (κ1) is 18.4. The number of hydrogen-bond donors (Lipinski definition) is 2. The van der Waals surface area contributed by atoms with Gasteiger partial charge in [0.05, 0.1) is 19.5 Å². The third-order valence-corrected chi connectivity index (χ3v) is 4.04. The van der Waals surface area contributed by atoms with Gasteiger partial charge in [0, 0.05) is 12.2 Å². The zero-order chi connectivity index (χ0) is 19.1. The second kappa shape index (κ2) is 8.80. The van der Waals surface area contributed by atoms with Gasteiger partial charge in [-0.1, -0.05) is 29.8 Å². The number of benzene rings is 2. The summed E-state index contributed by atoms with van der Waals surface area (Å²) in [6, 6.07) is 15.7. The van der Waals surface area contributed by atoms with Crippen molar-refractivity contribution in [3.63, 3.8) is 0 Å². The van der Waals surface area contributed by atoms with Crippen molar-refractivity contribution in [1.29, 1.82) is 0 Å². The smallest absolute Gasteiger partial charge is 0.271 e. The first-order chi connectivity index (χ1) is 13.1. The van der Waals surface area contributed by atoms with Crippen molar-refractivity contribution >= 4 is 17.4 Å². The molecule has 0 atom stereocenters.